The molecular weight excluding hydrogens is 370 g/mol. The van der Waals surface area contributed by atoms with E-state index in [0.29, 0.717) is 11.6 Å². The first-order valence-electron chi connectivity index (χ1n) is 7.93. The van der Waals surface area contributed by atoms with Gasteiger partial charge in [-0.1, -0.05) is 11.2 Å². The second-order valence-corrected chi connectivity index (χ2v) is 6.35. The average molecular weight is 383 g/mol. The summed E-state index contributed by atoms with van der Waals surface area (Å²) >= 11 is 1.49. The third kappa shape index (κ3) is 3.67. The predicted molar refractivity (Wildman–Crippen MR) is 95.6 cm³/mol. The van der Waals surface area contributed by atoms with Crippen molar-refractivity contribution in [2.45, 2.75) is 6.54 Å². The van der Waals surface area contributed by atoms with Crippen LogP contribution < -0.4 is 10.9 Å². The van der Waals surface area contributed by atoms with E-state index in [1.165, 1.54) is 39.4 Å². The van der Waals surface area contributed by atoms with Crippen LogP contribution in [-0.2, 0) is 6.54 Å². The van der Waals surface area contributed by atoms with Gasteiger partial charge in [-0.25, -0.2) is 14.3 Å². The van der Waals surface area contributed by atoms with E-state index in [2.05, 4.69) is 25.7 Å². The third-order valence-corrected chi connectivity index (χ3v) is 4.51. The molecule has 10 nitrogen and oxygen atoms in total. The molecule has 1 amide bonds. The highest BCUT2D eigenvalue weighted by atomic mass is 32.1. The van der Waals surface area contributed by atoms with Crippen LogP contribution in [0.5, 0.6) is 0 Å². The van der Waals surface area contributed by atoms with Gasteiger partial charge in [-0.05, 0) is 17.5 Å². The van der Waals surface area contributed by atoms with Crippen molar-refractivity contribution < 1.29 is 9.32 Å². The molecule has 0 radical (unpaired) electrons. The fourth-order valence-electron chi connectivity index (χ4n) is 2.33. The molecule has 0 aliphatic rings. The Kier molecular flexibility index (Phi) is 4.58. The molecule has 27 heavy (non-hydrogen) atoms. The zero-order chi connectivity index (χ0) is 18.6. The van der Waals surface area contributed by atoms with Gasteiger partial charge in [0.15, 0.2) is 17.3 Å². The molecule has 4 rings (SSSR count). The average Bonchev–Trinajstić information content (AvgIpc) is 3.43. The zero-order valence-electron chi connectivity index (χ0n) is 13.8. The molecule has 0 bridgehead atoms. The fourth-order valence-corrected chi connectivity index (χ4v) is 3.00. The lowest BCUT2D eigenvalue weighted by atomic mass is 10.3. The van der Waals surface area contributed by atoms with E-state index in [-0.39, 0.29) is 30.2 Å². The van der Waals surface area contributed by atoms with Gasteiger partial charge in [0.1, 0.15) is 12.7 Å². The zero-order valence-corrected chi connectivity index (χ0v) is 14.7. The standard InChI is InChI=1S/C16H13N7O3S/c24-15-4-3-14(23-10-17-9-19-23)20-22(15)6-5-18-16(25)11-8-12(26-21-11)13-2-1-7-27-13/h1-4,7-10H,5-6H2,(H,18,25). The van der Waals surface area contributed by atoms with Gasteiger partial charge in [0.05, 0.1) is 11.4 Å². The molecule has 0 atom stereocenters. The number of carbonyl (C=O) groups is 1. The molecule has 0 aliphatic carbocycles. The lowest BCUT2D eigenvalue weighted by Crippen LogP contribution is -2.32. The summed E-state index contributed by atoms with van der Waals surface area (Å²) < 4.78 is 7.88. The van der Waals surface area contributed by atoms with Gasteiger partial charge < -0.3 is 9.84 Å². The molecule has 136 valence electrons. The van der Waals surface area contributed by atoms with E-state index in [0.717, 1.165) is 4.88 Å². The SMILES string of the molecule is O=C(NCCn1nc(-n2cncn2)ccc1=O)c1cc(-c2cccs2)on1. The molecule has 0 saturated carbocycles. The monoisotopic (exact) mass is 383 g/mol. The van der Waals surface area contributed by atoms with Gasteiger partial charge in [0.2, 0.25) is 0 Å². The van der Waals surface area contributed by atoms with Crippen molar-refractivity contribution in [2.24, 2.45) is 0 Å². The van der Waals surface area contributed by atoms with Gasteiger partial charge in [-0.15, -0.1) is 16.4 Å². The van der Waals surface area contributed by atoms with Gasteiger partial charge in [0, 0.05) is 18.7 Å². The maximum Gasteiger partial charge on any atom is 0.273 e. The minimum atomic E-state index is -0.387. The third-order valence-electron chi connectivity index (χ3n) is 3.62. The van der Waals surface area contributed by atoms with E-state index in [1.807, 2.05) is 17.5 Å². The second-order valence-electron chi connectivity index (χ2n) is 5.40. The van der Waals surface area contributed by atoms with Crippen molar-refractivity contribution in [3.8, 4) is 16.5 Å². The molecule has 0 spiro atoms. The smallest absolute Gasteiger partial charge is 0.273 e. The molecule has 0 unspecified atom stereocenters. The van der Waals surface area contributed by atoms with Crippen molar-refractivity contribution in [2.75, 3.05) is 6.54 Å². The summed E-state index contributed by atoms with van der Waals surface area (Å²) in [4.78, 5) is 28.9. The Morgan fingerprint density at radius 3 is 3.00 bits per heavy atom. The van der Waals surface area contributed by atoms with E-state index in [9.17, 15) is 9.59 Å². The predicted octanol–water partition coefficient (Wildman–Crippen LogP) is 0.970. The molecule has 4 aromatic heterocycles. The van der Waals surface area contributed by atoms with Gasteiger partial charge >= 0.3 is 0 Å². The Labute approximate surface area is 156 Å². The molecule has 11 heteroatoms. The summed E-state index contributed by atoms with van der Waals surface area (Å²) in [5.74, 6) is 0.603. The summed E-state index contributed by atoms with van der Waals surface area (Å²) in [5, 5.41) is 16.6. The Balaban J connectivity index is 1.39. The fraction of sp³-hybridized carbons (Fsp3) is 0.125. The first-order valence-corrected chi connectivity index (χ1v) is 8.80. The van der Waals surface area contributed by atoms with Crippen molar-refractivity contribution in [1.82, 2.24) is 35.0 Å². The first-order chi connectivity index (χ1) is 13.2. The summed E-state index contributed by atoms with van der Waals surface area (Å²) in [6.07, 6.45) is 2.86. The minimum absolute atomic E-state index is 0.176. The number of carbonyl (C=O) groups excluding carboxylic acids is 1. The number of hydrogen-bond acceptors (Lipinski definition) is 8. The summed E-state index contributed by atoms with van der Waals surface area (Å²) in [6.45, 7) is 0.399. The largest absolute Gasteiger partial charge is 0.355 e. The number of thiophene rings is 1. The maximum absolute atomic E-state index is 12.2. The lowest BCUT2D eigenvalue weighted by Gasteiger charge is -2.07. The second kappa shape index (κ2) is 7.33. The first kappa shape index (κ1) is 16.8. The van der Waals surface area contributed by atoms with Crippen LogP contribution in [0.15, 0.2) is 57.7 Å². The number of nitrogens with zero attached hydrogens (tertiary/aromatic N) is 6. The lowest BCUT2D eigenvalue weighted by molar-refractivity contribution is 0.0943. The number of hydrogen-bond donors (Lipinski definition) is 1. The Morgan fingerprint density at radius 2 is 2.22 bits per heavy atom. The van der Waals surface area contributed by atoms with Crippen LogP contribution in [0.3, 0.4) is 0 Å². The number of rotatable bonds is 6. The molecule has 0 fully saturated rings. The number of nitrogens with one attached hydrogen (secondary N) is 1. The Morgan fingerprint density at radius 1 is 1.30 bits per heavy atom. The normalized spacial score (nSPS) is 10.8. The van der Waals surface area contributed by atoms with E-state index in [4.69, 9.17) is 4.52 Å². The van der Waals surface area contributed by atoms with Crippen LogP contribution >= 0.6 is 11.3 Å². The molecule has 4 heterocycles. The van der Waals surface area contributed by atoms with Gasteiger partial charge in [0.25, 0.3) is 11.5 Å². The van der Waals surface area contributed by atoms with Gasteiger partial charge in [-0.3, -0.25) is 9.59 Å². The van der Waals surface area contributed by atoms with Crippen LogP contribution in [0, 0.1) is 0 Å². The molecule has 1 N–H and O–H groups in total. The minimum Gasteiger partial charge on any atom is -0.355 e. The highest BCUT2D eigenvalue weighted by Crippen LogP contribution is 2.24. The van der Waals surface area contributed by atoms with Crippen molar-refractivity contribution in [3.63, 3.8) is 0 Å². The Hall–Kier alpha value is -3.60. The molecular formula is C16H13N7O3S. The van der Waals surface area contributed by atoms with Crippen LogP contribution in [0.1, 0.15) is 10.5 Å². The quantitative estimate of drug-likeness (QED) is 0.526. The van der Waals surface area contributed by atoms with Crippen LogP contribution in [0.4, 0.5) is 0 Å². The van der Waals surface area contributed by atoms with Crippen LogP contribution in [-0.4, -0.2) is 42.2 Å². The number of aromatic nitrogens is 6. The Bertz CT molecular complexity index is 1100. The highest BCUT2D eigenvalue weighted by Gasteiger charge is 2.14. The maximum atomic E-state index is 12.2. The van der Waals surface area contributed by atoms with Crippen molar-refractivity contribution in [3.05, 3.63) is 64.4 Å². The van der Waals surface area contributed by atoms with E-state index >= 15 is 0 Å². The summed E-state index contributed by atoms with van der Waals surface area (Å²) in [6, 6.07) is 8.29. The van der Waals surface area contributed by atoms with E-state index < -0.39 is 0 Å². The van der Waals surface area contributed by atoms with Gasteiger partial charge in [-0.2, -0.15) is 5.10 Å². The number of amides is 1. The summed E-state index contributed by atoms with van der Waals surface area (Å²) in [5.41, 5.74) is -0.107. The molecule has 0 aliphatic heterocycles. The van der Waals surface area contributed by atoms with Crippen LogP contribution in [0.2, 0.25) is 0 Å². The van der Waals surface area contributed by atoms with E-state index in [1.54, 1.807) is 12.1 Å². The van der Waals surface area contributed by atoms with Crippen LogP contribution in [0.25, 0.3) is 16.5 Å². The molecule has 4 aromatic rings. The topological polar surface area (TPSA) is 121 Å². The highest BCUT2D eigenvalue weighted by molar-refractivity contribution is 7.13. The molecule has 0 saturated heterocycles. The van der Waals surface area contributed by atoms with Crippen molar-refractivity contribution >= 4 is 17.2 Å². The summed E-state index contributed by atoms with van der Waals surface area (Å²) in [7, 11) is 0. The van der Waals surface area contributed by atoms with Crippen molar-refractivity contribution in [1.29, 1.82) is 0 Å². The molecule has 0 aromatic carbocycles.